The largest absolute Gasteiger partial charge is 0.208 e. The molecule has 346 valence electrons. The predicted octanol–water partition coefficient (Wildman–Crippen LogP) is 16.3. The molecular formula is C67H43N7. The van der Waals surface area contributed by atoms with E-state index in [2.05, 4.69) is 103 Å². The molecule has 0 spiro atoms. The number of hydrogen-bond acceptors (Lipinski definition) is 7. The molecular weight excluding hydrogens is 903 g/mol. The van der Waals surface area contributed by atoms with E-state index >= 15 is 0 Å². The first kappa shape index (κ1) is 44.9. The highest BCUT2D eigenvalue weighted by Crippen LogP contribution is 2.46. The van der Waals surface area contributed by atoms with E-state index < -0.39 is 0 Å². The third kappa shape index (κ3) is 8.92. The normalized spacial score (nSPS) is 11.0. The summed E-state index contributed by atoms with van der Waals surface area (Å²) in [5.74, 6) is 3.29. The fourth-order valence-corrected chi connectivity index (χ4v) is 9.64. The van der Waals surface area contributed by atoms with E-state index in [-0.39, 0.29) is 0 Å². The zero-order valence-electron chi connectivity index (χ0n) is 40.0. The summed E-state index contributed by atoms with van der Waals surface area (Å²) < 4.78 is 0. The van der Waals surface area contributed by atoms with Crippen molar-refractivity contribution in [1.82, 2.24) is 29.9 Å². The lowest BCUT2D eigenvalue weighted by molar-refractivity contribution is 1.07. The van der Waals surface area contributed by atoms with Crippen molar-refractivity contribution in [3.05, 3.63) is 266 Å². The molecule has 2 heterocycles. The smallest absolute Gasteiger partial charge is 0.164 e. The van der Waals surface area contributed by atoms with Crippen molar-refractivity contribution in [1.29, 1.82) is 5.26 Å². The standard InChI is InChI=1S/C67H43N7/c68-44-45-23-21-32-50(43-45)61-55(53-35-15-19-39-59(53)66-71-62(48-28-9-3-10-29-48)69-64(73-66)57-37-17-13-33-51(57)46-24-5-1-6-25-46)41-22-42-56(61)54-36-16-20-40-60(54)67-72-63(49-30-11-4-12-31-49)70-65(74-67)58-38-18-14-34-52(58)47-26-7-2-8-27-47/h1-43H. The highest BCUT2D eigenvalue weighted by Gasteiger charge is 2.24. The van der Waals surface area contributed by atoms with Crippen LogP contribution in [0.1, 0.15) is 5.56 Å². The number of nitriles is 1. The summed E-state index contributed by atoms with van der Waals surface area (Å²) in [6.45, 7) is 0. The Morgan fingerprint density at radius 1 is 0.216 bits per heavy atom. The van der Waals surface area contributed by atoms with E-state index in [1.165, 1.54) is 0 Å². The summed E-state index contributed by atoms with van der Waals surface area (Å²) in [6.07, 6.45) is 0. The molecule has 7 nitrogen and oxygen atoms in total. The molecule has 12 rings (SSSR count). The van der Waals surface area contributed by atoms with E-state index in [1.54, 1.807) is 0 Å². The number of hydrogen-bond donors (Lipinski definition) is 0. The maximum absolute atomic E-state index is 10.3. The maximum Gasteiger partial charge on any atom is 0.164 e. The molecule has 0 radical (unpaired) electrons. The minimum absolute atomic E-state index is 0.525. The molecule has 0 unspecified atom stereocenters. The second-order valence-electron chi connectivity index (χ2n) is 17.7. The van der Waals surface area contributed by atoms with E-state index in [1.807, 2.05) is 164 Å². The van der Waals surface area contributed by atoms with Crippen molar-refractivity contribution in [3.63, 3.8) is 0 Å². The Bertz CT molecular complexity index is 3790. The third-order valence-corrected chi connectivity index (χ3v) is 13.1. The Morgan fingerprint density at radius 3 is 0.865 bits per heavy atom. The molecule has 0 N–H and O–H groups in total. The summed E-state index contributed by atoms with van der Waals surface area (Å²) in [5, 5.41) is 10.3. The van der Waals surface area contributed by atoms with Crippen LogP contribution < -0.4 is 0 Å². The van der Waals surface area contributed by atoms with Crippen LogP contribution in [0, 0.1) is 11.3 Å². The fraction of sp³-hybridized carbons (Fsp3) is 0. The van der Waals surface area contributed by atoms with Gasteiger partial charge in [0.05, 0.1) is 11.6 Å². The highest BCUT2D eigenvalue weighted by molar-refractivity contribution is 6.00. The average molecular weight is 946 g/mol. The highest BCUT2D eigenvalue weighted by atomic mass is 15.0. The second kappa shape index (κ2) is 20.2. The molecule has 2 aromatic heterocycles. The molecule has 10 aromatic carbocycles. The first-order valence-electron chi connectivity index (χ1n) is 24.4. The minimum atomic E-state index is 0.525. The summed E-state index contributed by atoms with van der Waals surface area (Å²) in [5.41, 5.74) is 15.3. The molecule has 0 amide bonds. The van der Waals surface area contributed by atoms with Crippen LogP contribution in [0.3, 0.4) is 0 Å². The molecule has 0 fully saturated rings. The van der Waals surface area contributed by atoms with Crippen molar-refractivity contribution >= 4 is 0 Å². The van der Waals surface area contributed by atoms with Crippen molar-refractivity contribution in [2.45, 2.75) is 0 Å². The van der Waals surface area contributed by atoms with Gasteiger partial charge in [0.15, 0.2) is 34.9 Å². The van der Waals surface area contributed by atoms with Crippen molar-refractivity contribution in [2.75, 3.05) is 0 Å². The van der Waals surface area contributed by atoms with Crippen LogP contribution in [0.2, 0.25) is 0 Å². The second-order valence-corrected chi connectivity index (χ2v) is 17.7. The Balaban J connectivity index is 1.08. The third-order valence-electron chi connectivity index (χ3n) is 13.1. The Hall–Kier alpha value is -10.3. The number of nitrogens with zero attached hydrogens (tertiary/aromatic N) is 7. The zero-order valence-corrected chi connectivity index (χ0v) is 40.0. The monoisotopic (exact) mass is 945 g/mol. The molecule has 0 bridgehead atoms. The first-order valence-corrected chi connectivity index (χ1v) is 24.4. The molecule has 74 heavy (non-hydrogen) atoms. The van der Waals surface area contributed by atoms with Crippen molar-refractivity contribution in [2.24, 2.45) is 0 Å². The number of rotatable bonds is 11. The van der Waals surface area contributed by atoms with E-state index in [9.17, 15) is 5.26 Å². The Kier molecular flexibility index (Phi) is 12.3. The molecule has 0 saturated carbocycles. The Morgan fingerprint density at radius 2 is 0.486 bits per heavy atom. The molecule has 7 heteroatoms. The van der Waals surface area contributed by atoms with Gasteiger partial charge < -0.3 is 0 Å². The molecule has 0 aliphatic rings. The van der Waals surface area contributed by atoms with Crippen LogP contribution in [0.15, 0.2) is 261 Å². The van der Waals surface area contributed by atoms with Crippen LogP contribution in [-0.4, -0.2) is 29.9 Å². The van der Waals surface area contributed by atoms with Gasteiger partial charge >= 0.3 is 0 Å². The fourth-order valence-electron chi connectivity index (χ4n) is 9.64. The lowest BCUT2D eigenvalue weighted by Crippen LogP contribution is -2.03. The van der Waals surface area contributed by atoms with Gasteiger partial charge in [-0.1, -0.05) is 249 Å². The van der Waals surface area contributed by atoms with Crippen LogP contribution >= 0.6 is 0 Å². The number of aromatic nitrogens is 6. The maximum atomic E-state index is 10.3. The quantitative estimate of drug-likeness (QED) is 0.127. The van der Waals surface area contributed by atoms with Gasteiger partial charge in [0.2, 0.25) is 0 Å². The average Bonchev–Trinajstić information content (AvgIpc) is 3.49. The summed E-state index contributed by atoms with van der Waals surface area (Å²) >= 11 is 0. The first-order chi connectivity index (χ1) is 36.7. The molecule has 0 saturated heterocycles. The van der Waals surface area contributed by atoms with Crippen molar-refractivity contribution < 1.29 is 0 Å². The Labute approximate surface area is 429 Å². The van der Waals surface area contributed by atoms with Crippen LogP contribution in [-0.2, 0) is 0 Å². The molecule has 12 aromatic rings. The topological polar surface area (TPSA) is 101 Å². The van der Waals surface area contributed by atoms with E-state index in [0.29, 0.717) is 40.5 Å². The lowest BCUT2D eigenvalue weighted by atomic mass is 9.84. The summed E-state index contributed by atoms with van der Waals surface area (Å²) in [4.78, 5) is 31.5. The predicted molar refractivity (Wildman–Crippen MR) is 298 cm³/mol. The molecule has 0 aliphatic carbocycles. The van der Waals surface area contributed by atoms with Gasteiger partial charge in [-0.15, -0.1) is 0 Å². The van der Waals surface area contributed by atoms with Gasteiger partial charge in [-0.2, -0.15) is 5.26 Å². The van der Waals surface area contributed by atoms with Crippen LogP contribution in [0.4, 0.5) is 0 Å². The van der Waals surface area contributed by atoms with Gasteiger partial charge in [-0.05, 0) is 67.8 Å². The van der Waals surface area contributed by atoms with Gasteiger partial charge in [-0.3, -0.25) is 0 Å². The molecule has 0 atom stereocenters. The van der Waals surface area contributed by atoms with E-state index in [0.717, 1.165) is 89.0 Å². The SMILES string of the molecule is N#Cc1cccc(-c2c(-c3ccccc3-c3nc(-c4ccccc4)nc(-c4ccccc4-c4ccccc4)n3)cccc2-c2ccccc2-c2nc(-c3ccccc3)nc(-c3ccccc3-c3ccccc3)n2)c1. The van der Waals surface area contributed by atoms with Crippen LogP contribution in [0.25, 0.3) is 124 Å². The summed E-state index contributed by atoms with van der Waals surface area (Å²) in [6, 6.07) is 90.3. The van der Waals surface area contributed by atoms with Gasteiger partial charge in [-0.25, -0.2) is 29.9 Å². The van der Waals surface area contributed by atoms with Gasteiger partial charge in [0.1, 0.15) is 0 Å². The van der Waals surface area contributed by atoms with Crippen molar-refractivity contribution in [3.8, 4) is 130 Å². The lowest BCUT2D eigenvalue weighted by Gasteiger charge is -2.20. The number of benzene rings is 10. The van der Waals surface area contributed by atoms with Gasteiger partial charge in [0.25, 0.3) is 0 Å². The minimum Gasteiger partial charge on any atom is -0.208 e. The van der Waals surface area contributed by atoms with E-state index in [4.69, 9.17) is 29.9 Å². The summed E-state index contributed by atoms with van der Waals surface area (Å²) in [7, 11) is 0. The van der Waals surface area contributed by atoms with Gasteiger partial charge in [0, 0.05) is 33.4 Å². The molecule has 0 aliphatic heterocycles. The zero-order chi connectivity index (χ0) is 49.6. The van der Waals surface area contributed by atoms with Crippen LogP contribution in [0.5, 0.6) is 0 Å².